The zero-order valence-electron chi connectivity index (χ0n) is 12.9. The molecule has 0 spiro atoms. The van der Waals surface area contributed by atoms with E-state index in [0.29, 0.717) is 6.42 Å². The second-order valence-electron chi connectivity index (χ2n) is 5.83. The van der Waals surface area contributed by atoms with Gasteiger partial charge in [-0.3, -0.25) is 0 Å². The molecule has 1 rings (SSSR count). The average molecular weight is 324 g/mol. The second-order valence-corrected chi connectivity index (χ2v) is 7.00. The Morgan fingerprint density at radius 2 is 1.90 bits per heavy atom. The lowest BCUT2D eigenvalue weighted by Gasteiger charge is -2.17. The summed E-state index contributed by atoms with van der Waals surface area (Å²) >= 11 is 1.55. The fourth-order valence-corrected chi connectivity index (χ4v) is 3.03. The third kappa shape index (κ3) is 6.76. The van der Waals surface area contributed by atoms with Gasteiger partial charge in [-0.25, -0.2) is 4.98 Å². The van der Waals surface area contributed by atoms with E-state index in [9.17, 15) is 13.2 Å². The van der Waals surface area contributed by atoms with Gasteiger partial charge in [0, 0.05) is 23.3 Å². The maximum Gasteiger partial charge on any atom is 0.411 e. The molecule has 0 aliphatic rings. The summed E-state index contributed by atoms with van der Waals surface area (Å²) in [5.74, 6) is 0. The number of rotatable bonds is 7. The fraction of sp³-hybridized carbons (Fsp3) is 0.786. The highest BCUT2D eigenvalue weighted by Gasteiger charge is 2.27. The van der Waals surface area contributed by atoms with Crippen LogP contribution >= 0.6 is 11.3 Å². The topological polar surface area (TPSA) is 34.1 Å². The van der Waals surface area contributed by atoms with Crippen molar-refractivity contribution in [1.82, 2.24) is 10.3 Å². The highest BCUT2D eigenvalue weighted by molar-refractivity contribution is 7.11. The number of thiazole rings is 1. The standard InChI is InChI=1S/C14H23F3N2OS/c1-5-18-8-10-12(13(2,3)4)19-11(21-10)6-7-20-9-14(15,16)17/h18H,5-9H2,1-4H3. The van der Waals surface area contributed by atoms with Gasteiger partial charge in [0.15, 0.2) is 0 Å². The SMILES string of the molecule is CCNCc1sc(CCOCC(F)(F)F)nc1C(C)(C)C. The van der Waals surface area contributed by atoms with Crippen LogP contribution in [-0.2, 0) is 23.1 Å². The summed E-state index contributed by atoms with van der Waals surface area (Å²) in [4.78, 5) is 5.73. The van der Waals surface area contributed by atoms with Gasteiger partial charge in [0.25, 0.3) is 0 Å². The number of ether oxygens (including phenoxy) is 1. The van der Waals surface area contributed by atoms with E-state index in [0.717, 1.165) is 28.7 Å². The third-order valence-corrected chi connectivity index (χ3v) is 3.83. The minimum absolute atomic E-state index is 0.0389. The van der Waals surface area contributed by atoms with Crippen molar-refractivity contribution in [1.29, 1.82) is 0 Å². The first kappa shape index (κ1) is 18.4. The first-order valence-corrected chi connectivity index (χ1v) is 7.79. The normalized spacial score (nSPS) is 12.9. The largest absolute Gasteiger partial charge is 0.411 e. The van der Waals surface area contributed by atoms with Crippen molar-refractivity contribution < 1.29 is 17.9 Å². The van der Waals surface area contributed by atoms with Gasteiger partial charge in [-0.1, -0.05) is 27.7 Å². The van der Waals surface area contributed by atoms with Crippen molar-refractivity contribution in [3.05, 3.63) is 15.6 Å². The van der Waals surface area contributed by atoms with Gasteiger partial charge in [0.05, 0.1) is 17.3 Å². The summed E-state index contributed by atoms with van der Waals surface area (Å²) in [7, 11) is 0. The van der Waals surface area contributed by atoms with Gasteiger partial charge >= 0.3 is 6.18 Å². The summed E-state index contributed by atoms with van der Waals surface area (Å²) in [6.07, 6.45) is -3.86. The molecule has 1 N–H and O–H groups in total. The molecule has 7 heteroatoms. The van der Waals surface area contributed by atoms with Crippen molar-refractivity contribution in [3.8, 4) is 0 Å². The van der Waals surface area contributed by atoms with E-state index < -0.39 is 12.8 Å². The Balaban J connectivity index is 2.64. The fourth-order valence-electron chi connectivity index (χ4n) is 1.80. The van der Waals surface area contributed by atoms with Gasteiger partial charge in [-0.2, -0.15) is 13.2 Å². The van der Waals surface area contributed by atoms with Gasteiger partial charge in [-0.15, -0.1) is 11.3 Å². The molecule has 0 aliphatic carbocycles. The molecule has 1 heterocycles. The summed E-state index contributed by atoms with van der Waals surface area (Å²) in [6.45, 7) is 8.73. The van der Waals surface area contributed by atoms with Gasteiger partial charge in [0.2, 0.25) is 0 Å². The lowest BCUT2D eigenvalue weighted by molar-refractivity contribution is -0.173. The zero-order valence-corrected chi connectivity index (χ0v) is 13.7. The molecule has 0 saturated carbocycles. The van der Waals surface area contributed by atoms with Crippen LogP contribution in [0.15, 0.2) is 0 Å². The van der Waals surface area contributed by atoms with Gasteiger partial charge in [-0.05, 0) is 6.54 Å². The van der Waals surface area contributed by atoms with Crippen LogP contribution in [0, 0.1) is 0 Å². The Labute approximate surface area is 127 Å². The van der Waals surface area contributed by atoms with Crippen LogP contribution in [0.2, 0.25) is 0 Å². The molecular weight excluding hydrogens is 301 g/mol. The van der Waals surface area contributed by atoms with Crippen LogP contribution in [0.1, 0.15) is 43.3 Å². The molecule has 0 aromatic carbocycles. The minimum Gasteiger partial charge on any atom is -0.372 e. The molecule has 0 bridgehead atoms. The Morgan fingerprint density at radius 1 is 1.24 bits per heavy atom. The maximum absolute atomic E-state index is 12.0. The van der Waals surface area contributed by atoms with Crippen molar-refractivity contribution in [2.24, 2.45) is 0 Å². The highest BCUT2D eigenvalue weighted by Crippen LogP contribution is 2.30. The predicted octanol–water partition coefficient (Wildman–Crippen LogP) is 3.67. The zero-order chi connectivity index (χ0) is 16.1. The van der Waals surface area contributed by atoms with E-state index in [1.54, 1.807) is 11.3 Å². The number of nitrogens with one attached hydrogen (secondary N) is 1. The Morgan fingerprint density at radius 3 is 2.43 bits per heavy atom. The smallest absolute Gasteiger partial charge is 0.372 e. The molecule has 0 amide bonds. The molecule has 1 aromatic rings. The molecular formula is C14H23F3N2OS. The summed E-state index contributed by atoms with van der Waals surface area (Å²) < 4.78 is 40.6. The molecule has 0 fully saturated rings. The van der Waals surface area contributed by atoms with Crippen LogP contribution in [0.25, 0.3) is 0 Å². The van der Waals surface area contributed by atoms with Crippen LogP contribution in [-0.4, -0.2) is 30.9 Å². The van der Waals surface area contributed by atoms with E-state index in [1.807, 2.05) is 6.92 Å². The van der Waals surface area contributed by atoms with E-state index in [4.69, 9.17) is 0 Å². The van der Waals surface area contributed by atoms with Gasteiger partial charge < -0.3 is 10.1 Å². The van der Waals surface area contributed by atoms with Gasteiger partial charge in [0.1, 0.15) is 6.61 Å². The Kier molecular flexibility index (Phi) is 6.62. The lowest BCUT2D eigenvalue weighted by atomic mass is 9.91. The highest BCUT2D eigenvalue weighted by atomic mass is 32.1. The summed E-state index contributed by atoms with van der Waals surface area (Å²) in [5.41, 5.74) is 0.936. The van der Waals surface area contributed by atoms with Crippen molar-refractivity contribution in [2.75, 3.05) is 19.8 Å². The van der Waals surface area contributed by atoms with Crippen molar-refractivity contribution in [3.63, 3.8) is 0 Å². The number of alkyl halides is 3. The van der Waals surface area contributed by atoms with E-state index in [1.165, 1.54) is 0 Å². The third-order valence-electron chi connectivity index (χ3n) is 2.71. The van der Waals surface area contributed by atoms with Crippen LogP contribution < -0.4 is 5.32 Å². The second kappa shape index (κ2) is 7.56. The molecule has 0 aliphatic heterocycles. The Bertz CT molecular complexity index is 438. The minimum atomic E-state index is -4.27. The number of hydrogen-bond donors (Lipinski definition) is 1. The van der Waals surface area contributed by atoms with E-state index >= 15 is 0 Å². The number of hydrogen-bond acceptors (Lipinski definition) is 4. The van der Waals surface area contributed by atoms with Crippen LogP contribution in [0.3, 0.4) is 0 Å². The maximum atomic E-state index is 12.0. The monoisotopic (exact) mass is 324 g/mol. The van der Waals surface area contributed by atoms with E-state index in [2.05, 4.69) is 35.8 Å². The van der Waals surface area contributed by atoms with Crippen molar-refractivity contribution in [2.45, 2.75) is 52.3 Å². The quantitative estimate of drug-likeness (QED) is 0.777. The number of nitrogens with zero attached hydrogens (tertiary/aromatic N) is 1. The molecule has 122 valence electrons. The summed E-state index contributed by atoms with van der Waals surface area (Å²) in [5, 5.41) is 4.10. The molecule has 0 unspecified atom stereocenters. The lowest BCUT2D eigenvalue weighted by Crippen LogP contribution is -2.18. The van der Waals surface area contributed by atoms with Crippen LogP contribution in [0.4, 0.5) is 13.2 Å². The molecule has 1 aromatic heterocycles. The average Bonchev–Trinajstić information content (AvgIpc) is 2.74. The Hall–Kier alpha value is -0.660. The molecule has 3 nitrogen and oxygen atoms in total. The first-order valence-electron chi connectivity index (χ1n) is 6.97. The van der Waals surface area contributed by atoms with Crippen molar-refractivity contribution >= 4 is 11.3 Å². The van der Waals surface area contributed by atoms with Crippen LogP contribution in [0.5, 0.6) is 0 Å². The summed E-state index contributed by atoms with van der Waals surface area (Å²) in [6, 6.07) is 0. The molecule has 21 heavy (non-hydrogen) atoms. The first-order chi connectivity index (χ1) is 9.63. The predicted molar refractivity (Wildman–Crippen MR) is 78.8 cm³/mol. The number of aromatic nitrogens is 1. The molecule has 0 atom stereocenters. The molecule has 0 saturated heterocycles. The van der Waals surface area contributed by atoms with E-state index in [-0.39, 0.29) is 12.0 Å². The molecule has 0 radical (unpaired) electrons. The number of halogens is 3.